The molecule has 0 radical (unpaired) electrons. The molecule has 21 heavy (non-hydrogen) atoms. The summed E-state index contributed by atoms with van der Waals surface area (Å²) in [5, 5.41) is 3.22. The van der Waals surface area contributed by atoms with Crippen LogP contribution < -0.4 is 10.0 Å². The Kier molecular flexibility index (Phi) is 7.18. The van der Waals surface area contributed by atoms with Crippen molar-refractivity contribution in [3.63, 3.8) is 0 Å². The van der Waals surface area contributed by atoms with Crippen molar-refractivity contribution in [2.45, 2.75) is 13.0 Å². The van der Waals surface area contributed by atoms with Gasteiger partial charge in [-0.2, -0.15) is 0 Å². The molecule has 118 valence electrons. The maximum atomic E-state index is 10.9. The lowest BCUT2D eigenvalue weighted by atomic mass is 10.2. The number of nitrogens with one attached hydrogen (secondary N) is 2. The molecule has 0 fully saturated rings. The Bertz CT molecular complexity index is 543. The minimum atomic E-state index is -3.11. The van der Waals surface area contributed by atoms with Gasteiger partial charge in [0.2, 0.25) is 10.0 Å². The molecule has 0 saturated carbocycles. The highest BCUT2D eigenvalue weighted by Crippen LogP contribution is 2.02. The van der Waals surface area contributed by atoms with Crippen molar-refractivity contribution in [1.82, 2.24) is 14.9 Å². The van der Waals surface area contributed by atoms with E-state index in [1.807, 2.05) is 30.1 Å². The van der Waals surface area contributed by atoms with Crippen LogP contribution in [-0.4, -0.2) is 52.7 Å². The van der Waals surface area contributed by atoms with Gasteiger partial charge in [-0.25, -0.2) is 13.1 Å². The van der Waals surface area contributed by atoms with Crippen molar-refractivity contribution in [3.05, 3.63) is 35.9 Å². The van der Waals surface area contributed by atoms with E-state index in [1.165, 1.54) is 5.56 Å². The predicted octanol–water partition coefficient (Wildman–Crippen LogP) is 0.633. The molecule has 1 rings (SSSR count). The Morgan fingerprint density at radius 3 is 2.48 bits per heavy atom. The van der Waals surface area contributed by atoms with Gasteiger partial charge in [-0.3, -0.25) is 4.99 Å². The number of guanidine groups is 1. The van der Waals surface area contributed by atoms with E-state index in [9.17, 15) is 8.42 Å². The third kappa shape index (κ3) is 7.67. The van der Waals surface area contributed by atoms with E-state index in [0.29, 0.717) is 19.5 Å². The van der Waals surface area contributed by atoms with Crippen LogP contribution in [-0.2, 0) is 16.6 Å². The first kappa shape index (κ1) is 17.5. The van der Waals surface area contributed by atoms with Gasteiger partial charge in [0.05, 0.1) is 6.26 Å². The largest absolute Gasteiger partial charge is 0.356 e. The first-order chi connectivity index (χ1) is 9.92. The molecule has 0 bridgehead atoms. The van der Waals surface area contributed by atoms with Crippen LogP contribution in [0.4, 0.5) is 0 Å². The number of hydrogen-bond acceptors (Lipinski definition) is 3. The standard InChI is InChI=1S/C14H24N4O2S/c1-15-14(16-10-7-11-17-21(3,19)20)18(2)12-13-8-5-4-6-9-13/h4-6,8-9,17H,7,10-12H2,1-3H3,(H,15,16). The van der Waals surface area contributed by atoms with E-state index < -0.39 is 10.0 Å². The second kappa shape index (κ2) is 8.63. The molecule has 0 spiro atoms. The molecule has 0 aliphatic rings. The number of nitrogens with zero attached hydrogens (tertiary/aromatic N) is 2. The van der Waals surface area contributed by atoms with Crippen LogP contribution >= 0.6 is 0 Å². The van der Waals surface area contributed by atoms with Crippen molar-refractivity contribution in [3.8, 4) is 0 Å². The van der Waals surface area contributed by atoms with Gasteiger partial charge in [-0.15, -0.1) is 0 Å². The molecule has 0 aromatic heterocycles. The minimum absolute atomic E-state index is 0.422. The van der Waals surface area contributed by atoms with Gasteiger partial charge < -0.3 is 10.2 Å². The van der Waals surface area contributed by atoms with E-state index in [1.54, 1.807) is 7.05 Å². The molecular formula is C14H24N4O2S. The van der Waals surface area contributed by atoms with Crippen LogP contribution in [0.15, 0.2) is 35.3 Å². The van der Waals surface area contributed by atoms with Gasteiger partial charge in [-0.1, -0.05) is 30.3 Å². The number of hydrogen-bond donors (Lipinski definition) is 2. The summed E-state index contributed by atoms with van der Waals surface area (Å²) in [4.78, 5) is 6.25. The van der Waals surface area contributed by atoms with E-state index in [2.05, 4.69) is 27.2 Å². The Labute approximate surface area is 127 Å². The van der Waals surface area contributed by atoms with Crippen molar-refractivity contribution in [2.75, 3.05) is 33.4 Å². The lowest BCUT2D eigenvalue weighted by Gasteiger charge is -2.22. The van der Waals surface area contributed by atoms with Gasteiger partial charge in [0, 0.05) is 33.7 Å². The fourth-order valence-corrected chi connectivity index (χ4v) is 2.38. The molecule has 1 aromatic rings. The summed E-state index contributed by atoms with van der Waals surface area (Å²) in [7, 11) is 0.598. The maximum absolute atomic E-state index is 10.9. The first-order valence-corrected chi connectivity index (χ1v) is 8.72. The Balaban J connectivity index is 2.34. The smallest absolute Gasteiger partial charge is 0.208 e. The SMILES string of the molecule is CN=C(NCCCNS(C)(=O)=O)N(C)Cc1ccccc1. The van der Waals surface area contributed by atoms with Crippen molar-refractivity contribution in [2.24, 2.45) is 4.99 Å². The average Bonchev–Trinajstić information content (AvgIpc) is 2.42. The minimum Gasteiger partial charge on any atom is -0.356 e. The van der Waals surface area contributed by atoms with Crippen LogP contribution in [0.2, 0.25) is 0 Å². The van der Waals surface area contributed by atoms with Gasteiger partial charge in [-0.05, 0) is 12.0 Å². The predicted molar refractivity (Wildman–Crippen MR) is 86.7 cm³/mol. The fourth-order valence-electron chi connectivity index (χ4n) is 1.86. The van der Waals surface area contributed by atoms with Gasteiger partial charge in [0.1, 0.15) is 0 Å². The van der Waals surface area contributed by atoms with Crippen molar-refractivity contribution in [1.29, 1.82) is 0 Å². The monoisotopic (exact) mass is 312 g/mol. The quantitative estimate of drug-likeness (QED) is 0.440. The summed E-state index contributed by atoms with van der Waals surface area (Å²) in [5.74, 6) is 0.790. The van der Waals surface area contributed by atoms with E-state index in [0.717, 1.165) is 18.8 Å². The second-order valence-electron chi connectivity index (χ2n) is 4.84. The zero-order valence-corrected chi connectivity index (χ0v) is 13.7. The van der Waals surface area contributed by atoms with E-state index in [4.69, 9.17) is 0 Å². The third-order valence-corrected chi connectivity index (χ3v) is 3.57. The number of sulfonamides is 1. The lowest BCUT2D eigenvalue weighted by Crippen LogP contribution is -2.39. The molecule has 6 nitrogen and oxygen atoms in total. The van der Waals surface area contributed by atoms with Crippen LogP contribution in [0, 0.1) is 0 Å². The summed E-state index contributed by atoms with van der Waals surface area (Å²) in [6.45, 7) is 1.85. The number of benzene rings is 1. The van der Waals surface area contributed by atoms with Gasteiger partial charge in [0.15, 0.2) is 5.96 Å². The summed E-state index contributed by atoms with van der Waals surface area (Å²) < 4.78 is 24.3. The second-order valence-corrected chi connectivity index (χ2v) is 6.67. The molecule has 0 atom stereocenters. The van der Waals surface area contributed by atoms with Crippen LogP contribution in [0.25, 0.3) is 0 Å². The third-order valence-electron chi connectivity index (χ3n) is 2.84. The molecule has 2 N–H and O–H groups in total. The van der Waals surface area contributed by atoms with Crippen molar-refractivity contribution >= 4 is 16.0 Å². The number of rotatable bonds is 7. The summed E-state index contributed by atoms with van der Waals surface area (Å²) in [5.41, 5.74) is 1.21. The Hall–Kier alpha value is -1.60. The highest BCUT2D eigenvalue weighted by Gasteiger charge is 2.06. The summed E-state index contributed by atoms with van der Waals surface area (Å²) in [6, 6.07) is 10.2. The Morgan fingerprint density at radius 2 is 1.90 bits per heavy atom. The topological polar surface area (TPSA) is 73.8 Å². The van der Waals surface area contributed by atoms with Gasteiger partial charge >= 0.3 is 0 Å². The number of aliphatic imine (C=N–C) groups is 1. The molecule has 0 aliphatic carbocycles. The molecule has 0 unspecified atom stereocenters. The fraction of sp³-hybridized carbons (Fsp3) is 0.500. The van der Waals surface area contributed by atoms with Crippen LogP contribution in [0.3, 0.4) is 0 Å². The van der Waals surface area contributed by atoms with Gasteiger partial charge in [0.25, 0.3) is 0 Å². The molecule has 7 heteroatoms. The van der Waals surface area contributed by atoms with Crippen LogP contribution in [0.5, 0.6) is 0 Å². The highest BCUT2D eigenvalue weighted by atomic mass is 32.2. The van der Waals surface area contributed by atoms with E-state index in [-0.39, 0.29) is 0 Å². The van der Waals surface area contributed by atoms with E-state index >= 15 is 0 Å². The zero-order chi connectivity index (χ0) is 15.7. The van der Waals surface area contributed by atoms with Crippen LogP contribution in [0.1, 0.15) is 12.0 Å². The summed E-state index contributed by atoms with van der Waals surface area (Å²) >= 11 is 0. The molecule has 0 heterocycles. The lowest BCUT2D eigenvalue weighted by molar-refractivity contribution is 0.475. The Morgan fingerprint density at radius 1 is 1.24 bits per heavy atom. The van der Waals surface area contributed by atoms with Crippen molar-refractivity contribution < 1.29 is 8.42 Å². The summed E-state index contributed by atoms with van der Waals surface area (Å²) in [6.07, 6.45) is 1.86. The molecule has 0 saturated heterocycles. The average molecular weight is 312 g/mol. The molecular weight excluding hydrogens is 288 g/mol. The maximum Gasteiger partial charge on any atom is 0.208 e. The first-order valence-electron chi connectivity index (χ1n) is 6.82. The highest BCUT2D eigenvalue weighted by molar-refractivity contribution is 7.88. The zero-order valence-electron chi connectivity index (χ0n) is 12.8. The normalized spacial score (nSPS) is 12.2. The molecule has 1 aromatic carbocycles. The molecule has 0 aliphatic heterocycles. The molecule has 0 amide bonds.